The van der Waals surface area contributed by atoms with Gasteiger partial charge in [0, 0.05) is 17.2 Å². The Morgan fingerprint density at radius 3 is 2.76 bits per heavy atom. The van der Waals surface area contributed by atoms with Crippen LogP contribution in [0.4, 0.5) is 0 Å². The highest BCUT2D eigenvalue weighted by molar-refractivity contribution is 7.90. The lowest BCUT2D eigenvalue weighted by atomic mass is 10.0. The molecule has 1 aromatic heterocycles. The lowest BCUT2D eigenvalue weighted by Crippen LogP contribution is -2.32. The first-order valence-corrected chi connectivity index (χ1v) is 13.0. The second kappa shape index (κ2) is 9.50. The fourth-order valence-electron chi connectivity index (χ4n) is 3.95. The number of aromatic nitrogens is 2. The van der Waals surface area contributed by atoms with Crippen molar-refractivity contribution in [3.63, 3.8) is 0 Å². The topological polar surface area (TPSA) is 142 Å². The second-order valence-electron chi connectivity index (χ2n) is 8.14. The number of carboxylic acid groups (broad SMARTS) is 1. The molecule has 1 atom stereocenters. The van der Waals surface area contributed by atoms with Gasteiger partial charge in [-0.25, -0.2) is 13.1 Å². The van der Waals surface area contributed by atoms with Crippen LogP contribution < -0.4 is 9.46 Å². The summed E-state index contributed by atoms with van der Waals surface area (Å²) in [5.41, 5.74) is 3.81. The number of nitriles is 1. The molecule has 34 heavy (non-hydrogen) atoms. The summed E-state index contributed by atoms with van der Waals surface area (Å²) in [5.74, 6) is -1.85. The minimum absolute atomic E-state index is 0.0521. The maximum Gasteiger partial charge on any atom is 0.320 e. The Labute approximate surface area is 201 Å². The largest absolute Gasteiger partial charge is 0.490 e. The number of fused-ring (bicyclic) bond motifs is 1. The third-order valence-electron chi connectivity index (χ3n) is 5.27. The van der Waals surface area contributed by atoms with Crippen molar-refractivity contribution in [2.45, 2.75) is 38.8 Å². The van der Waals surface area contributed by atoms with Crippen molar-refractivity contribution in [1.29, 1.82) is 5.26 Å². The highest BCUT2D eigenvalue weighted by Crippen LogP contribution is 2.40. The van der Waals surface area contributed by atoms with Crippen molar-refractivity contribution in [1.82, 2.24) is 14.9 Å². The highest BCUT2D eigenvalue weighted by atomic mass is 32.2. The Morgan fingerprint density at radius 2 is 2.06 bits per heavy atom. The molecule has 0 radical (unpaired) electrons. The van der Waals surface area contributed by atoms with Gasteiger partial charge < -0.3 is 9.84 Å². The Balaban J connectivity index is 1.62. The summed E-state index contributed by atoms with van der Waals surface area (Å²) in [7, 11) is -3.95. The Bertz CT molecular complexity index is 1390. The minimum Gasteiger partial charge on any atom is -0.490 e. The number of sulfonamides is 1. The first-order valence-electron chi connectivity index (χ1n) is 10.6. The van der Waals surface area contributed by atoms with Crippen molar-refractivity contribution in [3.8, 4) is 33.0 Å². The standard InChI is InChI=1S/C23H22N4O5S2/c1-13(2)32-20-9-6-14(10-15(20)11-24)22-25-26-23(33-22)18-5-3-4-17-16(18)7-8-19(17)27-34(30,31)12-21(28)29/h3-6,9-10,13,19,27H,7-8,12H2,1-2H3,(H,28,29)/t19-/m0/s1. The van der Waals surface area contributed by atoms with E-state index in [0.717, 1.165) is 22.3 Å². The molecule has 0 amide bonds. The molecular weight excluding hydrogens is 476 g/mol. The molecule has 9 nitrogen and oxygen atoms in total. The zero-order valence-corrected chi connectivity index (χ0v) is 20.1. The molecule has 0 saturated heterocycles. The van der Waals surface area contributed by atoms with Gasteiger partial charge in [0.1, 0.15) is 21.8 Å². The number of hydrogen-bond donors (Lipinski definition) is 2. The lowest BCUT2D eigenvalue weighted by molar-refractivity contribution is -0.134. The van der Waals surface area contributed by atoms with Crippen molar-refractivity contribution >= 4 is 27.3 Å². The van der Waals surface area contributed by atoms with Gasteiger partial charge in [-0.15, -0.1) is 10.2 Å². The van der Waals surface area contributed by atoms with Crippen LogP contribution in [-0.2, 0) is 21.2 Å². The van der Waals surface area contributed by atoms with E-state index in [2.05, 4.69) is 21.0 Å². The molecule has 176 valence electrons. The molecule has 2 N–H and O–H groups in total. The minimum atomic E-state index is -3.95. The number of rotatable bonds is 8. The molecule has 0 saturated carbocycles. The molecular formula is C23H22N4O5S2. The van der Waals surface area contributed by atoms with E-state index in [0.29, 0.717) is 34.2 Å². The fraction of sp³-hybridized carbons (Fsp3) is 0.304. The van der Waals surface area contributed by atoms with Crippen molar-refractivity contribution in [2.24, 2.45) is 0 Å². The maximum absolute atomic E-state index is 12.1. The normalized spacial score (nSPS) is 15.2. The molecule has 3 aromatic rings. The van der Waals surface area contributed by atoms with Gasteiger partial charge in [-0.2, -0.15) is 5.26 Å². The number of carboxylic acids is 1. The first kappa shape index (κ1) is 23.8. The molecule has 0 fully saturated rings. The van der Waals surface area contributed by atoms with Gasteiger partial charge in [0.25, 0.3) is 0 Å². The van der Waals surface area contributed by atoms with E-state index in [1.165, 1.54) is 11.3 Å². The molecule has 0 spiro atoms. The highest BCUT2D eigenvalue weighted by Gasteiger charge is 2.30. The number of ether oxygens (including phenoxy) is 1. The van der Waals surface area contributed by atoms with Crippen molar-refractivity contribution < 1.29 is 23.1 Å². The summed E-state index contributed by atoms with van der Waals surface area (Å²) in [5, 5.41) is 28.3. The molecule has 0 unspecified atom stereocenters. The predicted molar refractivity (Wildman–Crippen MR) is 127 cm³/mol. The summed E-state index contributed by atoms with van der Waals surface area (Å²) in [6.45, 7) is 3.79. The molecule has 2 aromatic carbocycles. The molecule has 0 aliphatic heterocycles. The van der Waals surface area contributed by atoms with E-state index in [4.69, 9.17) is 9.84 Å². The maximum atomic E-state index is 12.1. The summed E-state index contributed by atoms with van der Waals surface area (Å²) in [6, 6.07) is 12.6. The van der Waals surface area contributed by atoms with E-state index in [1.807, 2.05) is 38.1 Å². The van der Waals surface area contributed by atoms with E-state index < -0.39 is 27.8 Å². The van der Waals surface area contributed by atoms with Crippen molar-refractivity contribution in [3.05, 3.63) is 53.1 Å². The zero-order chi connectivity index (χ0) is 24.5. The smallest absolute Gasteiger partial charge is 0.320 e. The van der Waals surface area contributed by atoms with Gasteiger partial charge in [-0.05, 0) is 56.0 Å². The molecule has 1 aliphatic carbocycles. The number of nitrogens with zero attached hydrogens (tertiary/aromatic N) is 3. The van der Waals surface area contributed by atoms with Gasteiger partial charge >= 0.3 is 5.97 Å². The van der Waals surface area contributed by atoms with Gasteiger partial charge in [-0.1, -0.05) is 29.5 Å². The van der Waals surface area contributed by atoms with Crippen LogP contribution in [0, 0.1) is 11.3 Å². The van der Waals surface area contributed by atoms with Gasteiger partial charge in [0.15, 0.2) is 5.75 Å². The molecule has 0 bridgehead atoms. The van der Waals surface area contributed by atoms with Crippen LogP contribution in [0.5, 0.6) is 5.75 Å². The summed E-state index contributed by atoms with van der Waals surface area (Å²) < 4.78 is 32.4. The fourth-order valence-corrected chi connectivity index (χ4v) is 5.93. The number of aliphatic carboxylic acids is 1. The van der Waals surface area contributed by atoms with Crippen LogP contribution in [0.25, 0.3) is 21.1 Å². The molecule has 1 aliphatic rings. The van der Waals surface area contributed by atoms with Crippen LogP contribution in [0.1, 0.15) is 43.0 Å². The summed E-state index contributed by atoms with van der Waals surface area (Å²) in [4.78, 5) is 10.8. The van der Waals surface area contributed by atoms with Gasteiger partial charge in [-0.3, -0.25) is 4.79 Å². The van der Waals surface area contributed by atoms with Crippen LogP contribution in [0.3, 0.4) is 0 Å². The van der Waals surface area contributed by atoms with Crippen molar-refractivity contribution in [2.75, 3.05) is 5.75 Å². The molecule has 1 heterocycles. The number of benzene rings is 2. The number of nitrogens with one attached hydrogen (secondary N) is 1. The Kier molecular flexibility index (Phi) is 6.65. The average molecular weight is 499 g/mol. The van der Waals surface area contributed by atoms with E-state index in [-0.39, 0.29) is 6.10 Å². The zero-order valence-electron chi connectivity index (χ0n) is 18.5. The third-order valence-corrected chi connectivity index (χ3v) is 7.55. The van der Waals surface area contributed by atoms with E-state index >= 15 is 0 Å². The molecule has 11 heteroatoms. The number of carbonyl (C=O) groups is 1. The van der Waals surface area contributed by atoms with E-state index in [1.54, 1.807) is 12.1 Å². The lowest BCUT2D eigenvalue weighted by Gasteiger charge is -2.14. The van der Waals surface area contributed by atoms with Crippen LogP contribution in [0.2, 0.25) is 0 Å². The monoisotopic (exact) mass is 498 g/mol. The Morgan fingerprint density at radius 1 is 1.29 bits per heavy atom. The number of hydrogen-bond acceptors (Lipinski definition) is 8. The van der Waals surface area contributed by atoms with Gasteiger partial charge in [0.2, 0.25) is 10.0 Å². The quantitative estimate of drug-likeness (QED) is 0.480. The SMILES string of the molecule is CC(C)Oc1ccc(-c2nnc(-c3cccc4c3CC[C@@H]4NS(=O)(=O)CC(=O)O)s2)cc1C#N. The first-order chi connectivity index (χ1) is 16.2. The molecule has 4 rings (SSSR count). The van der Waals surface area contributed by atoms with Gasteiger partial charge in [0.05, 0.1) is 11.7 Å². The van der Waals surface area contributed by atoms with Crippen LogP contribution >= 0.6 is 11.3 Å². The summed E-state index contributed by atoms with van der Waals surface area (Å²) >= 11 is 1.38. The third kappa shape index (κ3) is 5.09. The predicted octanol–water partition coefficient (Wildman–Crippen LogP) is 3.52. The van der Waals surface area contributed by atoms with E-state index in [9.17, 15) is 18.5 Å². The Hall–Kier alpha value is -3.33. The summed E-state index contributed by atoms with van der Waals surface area (Å²) in [6.07, 6.45) is 1.10. The average Bonchev–Trinajstić information content (AvgIpc) is 3.40. The van der Waals surface area contributed by atoms with Crippen LogP contribution in [0.15, 0.2) is 36.4 Å². The second-order valence-corrected chi connectivity index (χ2v) is 10.9. The van der Waals surface area contributed by atoms with Crippen LogP contribution in [-0.4, -0.2) is 41.5 Å².